The van der Waals surface area contributed by atoms with Crippen molar-refractivity contribution in [2.45, 2.75) is 25.4 Å². The molecule has 0 spiro atoms. The van der Waals surface area contributed by atoms with Gasteiger partial charge in [-0.15, -0.1) is 0 Å². The van der Waals surface area contributed by atoms with E-state index in [1.165, 1.54) is 0 Å². The van der Waals surface area contributed by atoms with E-state index in [9.17, 15) is 4.79 Å². The predicted octanol–water partition coefficient (Wildman–Crippen LogP) is 0.273. The van der Waals surface area contributed by atoms with Crippen molar-refractivity contribution in [2.75, 3.05) is 19.8 Å². The van der Waals surface area contributed by atoms with Crippen LogP contribution in [0.5, 0.6) is 5.88 Å². The molecule has 19 heavy (non-hydrogen) atoms. The number of aliphatic hydroxyl groups excluding tert-OH is 1. The Balaban J connectivity index is 2.12. The molecule has 104 valence electrons. The minimum absolute atomic E-state index is 0.0534. The maximum atomic E-state index is 11.3. The van der Waals surface area contributed by atoms with Crippen molar-refractivity contribution < 1.29 is 19.4 Å². The lowest BCUT2D eigenvalue weighted by Gasteiger charge is -2.23. The molecule has 0 saturated carbocycles. The fourth-order valence-electron chi connectivity index (χ4n) is 2.04. The topological polar surface area (TPSA) is 94.7 Å². The highest BCUT2D eigenvalue weighted by atomic mass is 16.5. The van der Waals surface area contributed by atoms with Crippen molar-refractivity contribution in [3.05, 3.63) is 23.4 Å². The molecular formula is C13H18N2O4. The quantitative estimate of drug-likeness (QED) is 0.798. The standard InChI is InChI=1S/C13H18N2O4/c14-13(17)12-9(3-6-16)1-2-11(15-12)19-10-4-7-18-8-5-10/h1-2,10,16H,3-8H2,(H2,14,17). The fourth-order valence-corrected chi connectivity index (χ4v) is 2.04. The van der Waals surface area contributed by atoms with Crippen molar-refractivity contribution in [3.8, 4) is 5.88 Å². The maximum Gasteiger partial charge on any atom is 0.267 e. The molecular weight excluding hydrogens is 248 g/mol. The average molecular weight is 266 g/mol. The summed E-state index contributed by atoms with van der Waals surface area (Å²) in [5, 5.41) is 8.93. The molecule has 0 radical (unpaired) electrons. The largest absolute Gasteiger partial charge is 0.474 e. The number of rotatable bonds is 5. The number of hydrogen-bond acceptors (Lipinski definition) is 5. The van der Waals surface area contributed by atoms with Crippen LogP contribution in [0.25, 0.3) is 0 Å². The number of ether oxygens (including phenoxy) is 2. The average Bonchev–Trinajstić information content (AvgIpc) is 2.42. The summed E-state index contributed by atoms with van der Waals surface area (Å²) in [6.07, 6.45) is 2.03. The number of carbonyl (C=O) groups excluding carboxylic acids is 1. The van der Waals surface area contributed by atoms with Crippen LogP contribution in [0.1, 0.15) is 28.9 Å². The highest BCUT2D eigenvalue weighted by Crippen LogP contribution is 2.18. The molecule has 0 aliphatic carbocycles. The Hall–Kier alpha value is -1.66. The number of aliphatic hydroxyl groups is 1. The maximum absolute atomic E-state index is 11.3. The minimum Gasteiger partial charge on any atom is -0.474 e. The van der Waals surface area contributed by atoms with Gasteiger partial charge in [0.15, 0.2) is 0 Å². The number of nitrogens with two attached hydrogens (primary N) is 1. The van der Waals surface area contributed by atoms with Crippen LogP contribution in [0.2, 0.25) is 0 Å². The third-order valence-electron chi connectivity index (χ3n) is 3.02. The molecule has 1 aliphatic heterocycles. The van der Waals surface area contributed by atoms with Crippen LogP contribution in [0.15, 0.2) is 12.1 Å². The van der Waals surface area contributed by atoms with E-state index < -0.39 is 5.91 Å². The minimum atomic E-state index is -0.610. The van der Waals surface area contributed by atoms with Gasteiger partial charge >= 0.3 is 0 Å². The van der Waals surface area contributed by atoms with Crippen molar-refractivity contribution in [1.29, 1.82) is 0 Å². The van der Waals surface area contributed by atoms with E-state index in [-0.39, 0.29) is 18.4 Å². The van der Waals surface area contributed by atoms with Crippen molar-refractivity contribution in [3.63, 3.8) is 0 Å². The first-order valence-electron chi connectivity index (χ1n) is 6.35. The van der Waals surface area contributed by atoms with Gasteiger partial charge in [0.25, 0.3) is 5.91 Å². The Morgan fingerprint density at radius 2 is 2.21 bits per heavy atom. The van der Waals surface area contributed by atoms with Crippen LogP contribution in [0, 0.1) is 0 Å². The molecule has 1 aliphatic rings. The van der Waals surface area contributed by atoms with Gasteiger partial charge in [-0.3, -0.25) is 4.79 Å². The normalized spacial score (nSPS) is 16.3. The number of amides is 1. The number of carbonyl (C=O) groups is 1. The number of aromatic nitrogens is 1. The monoisotopic (exact) mass is 266 g/mol. The smallest absolute Gasteiger partial charge is 0.267 e. The summed E-state index contributed by atoms with van der Waals surface area (Å²) < 4.78 is 11.0. The van der Waals surface area contributed by atoms with Crippen molar-refractivity contribution >= 4 is 5.91 Å². The first-order chi connectivity index (χ1) is 9.20. The second-order valence-electron chi connectivity index (χ2n) is 4.42. The Kier molecular flexibility index (Phi) is 4.70. The molecule has 2 heterocycles. The Morgan fingerprint density at radius 3 is 2.84 bits per heavy atom. The summed E-state index contributed by atoms with van der Waals surface area (Å²) in [6, 6.07) is 3.42. The van der Waals surface area contributed by atoms with E-state index in [0.717, 1.165) is 12.8 Å². The number of primary amides is 1. The number of pyridine rings is 1. The van der Waals surface area contributed by atoms with Gasteiger partial charge in [0.1, 0.15) is 11.8 Å². The molecule has 1 fully saturated rings. The molecule has 1 aromatic heterocycles. The fraction of sp³-hybridized carbons (Fsp3) is 0.538. The molecule has 0 unspecified atom stereocenters. The highest BCUT2D eigenvalue weighted by molar-refractivity contribution is 5.92. The Morgan fingerprint density at radius 1 is 1.47 bits per heavy atom. The zero-order chi connectivity index (χ0) is 13.7. The van der Waals surface area contributed by atoms with Gasteiger partial charge in [0.05, 0.1) is 13.2 Å². The molecule has 0 atom stereocenters. The SMILES string of the molecule is NC(=O)c1nc(OC2CCOCC2)ccc1CCO. The number of nitrogens with zero attached hydrogens (tertiary/aromatic N) is 1. The van der Waals surface area contributed by atoms with Crippen LogP contribution in [-0.2, 0) is 11.2 Å². The molecule has 1 aromatic rings. The lowest BCUT2D eigenvalue weighted by Crippen LogP contribution is -2.26. The van der Waals surface area contributed by atoms with E-state index in [4.69, 9.17) is 20.3 Å². The van der Waals surface area contributed by atoms with E-state index in [1.807, 2.05) is 0 Å². The summed E-state index contributed by atoms with van der Waals surface area (Å²) in [5.74, 6) is -0.219. The van der Waals surface area contributed by atoms with Gasteiger partial charge in [-0.2, -0.15) is 0 Å². The van der Waals surface area contributed by atoms with Gasteiger partial charge in [0.2, 0.25) is 5.88 Å². The van der Waals surface area contributed by atoms with Gasteiger partial charge in [-0.1, -0.05) is 6.07 Å². The van der Waals surface area contributed by atoms with Gasteiger partial charge in [-0.05, 0) is 12.0 Å². The predicted molar refractivity (Wildman–Crippen MR) is 68.0 cm³/mol. The molecule has 1 amide bonds. The lowest BCUT2D eigenvalue weighted by molar-refractivity contribution is 0.0236. The Bertz CT molecular complexity index is 444. The van der Waals surface area contributed by atoms with Crippen LogP contribution in [-0.4, -0.2) is 41.9 Å². The van der Waals surface area contributed by atoms with Crippen LogP contribution < -0.4 is 10.5 Å². The van der Waals surface area contributed by atoms with Crippen LogP contribution in [0.4, 0.5) is 0 Å². The third kappa shape index (κ3) is 3.65. The first kappa shape index (κ1) is 13.8. The molecule has 1 saturated heterocycles. The van der Waals surface area contributed by atoms with Crippen LogP contribution in [0.3, 0.4) is 0 Å². The zero-order valence-electron chi connectivity index (χ0n) is 10.7. The molecule has 6 nitrogen and oxygen atoms in total. The van der Waals surface area contributed by atoms with Crippen LogP contribution >= 0.6 is 0 Å². The molecule has 0 bridgehead atoms. The summed E-state index contributed by atoms with van der Waals surface area (Å²) in [7, 11) is 0. The molecule has 6 heteroatoms. The highest BCUT2D eigenvalue weighted by Gasteiger charge is 2.17. The summed E-state index contributed by atoms with van der Waals surface area (Å²) >= 11 is 0. The molecule has 3 N–H and O–H groups in total. The zero-order valence-corrected chi connectivity index (χ0v) is 10.7. The lowest BCUT2D eigenvalue weighted by atomic mass is 10.1. The van der Waals surface area contributed by atoms with E-state index in [1.54, 1.807) is 12.1 Å². The van der Waals surface area contributed by atoms with Crippen molar-refractivity contribution in [1.82, 2.24) is 4.98 Å². The molecule has 2 rings (SSSR count). The molecule has 0 aromatic carbocycles. The third-order valence-corrected chi connectivity index (χ3v) is 3.02. The van der Waals surface area contributed by atoms with E-state index in [0.29, 0.717) is 31.1 Å². The van der Waals surface area contributed by atoms with Crippen molar-refractivity contribution in [2.24, 2.45) is 5.73 Å². The Labute approximate surface area is 111 Å². The van der Waals surface area contributed by atoms with E-state index >= 15 is 0 Å². The van der Waals surface area contributed by atoms with E-state index in [2.05, 4.69) is 4.98 Å². The number of hydrogen-bond donors (Lipinski definition) is 2. The second-order valence-corrected chi connectivity index (χ2v) is 4.42. The second kappa shape index (κ2) is 6.49. The van der Waals surface area contributed by atoms with Gasteiger partial charge in [0, 0.05) is 25.5 Å². The summed E-state index contributed by atoms with van der Waals surface area (Å²) in [6.45, 7) is 1.30. The first-order valence-corrected chi connectivity index (χ1v) is 6.35. The summed E-state index contributed by atoms with van der Waals surface area (Å²) in [5.41, 5.74) is 6.09. The van der Waals surface area contributed by atoms with Gasteiger partial charge in [-0.25, -0.2) is 4.98 Å². The summed E-state index contributed by atoms with van der Waals surface area (Å²) in [4.78, 5) is 15.5. The van der Waals surface area contributed by atoms with Gasteiger partial charge < -0.3 is 20.3 Å².